The van der Waals surface area contributed by atoms with Crippen LogP contribution in [-0.4, -0.2) is 47.9 Å². The maximum Gasteiger partial charge on any atom is 0.227 e. The summed E-state index contributed by atoms with van der Waals surface area (Å²) in [6.07, 6.45) is 0.487. The molecule has 0 bridgehead atoms. The molecule has 0 spiro atoms. The van der Waals surface area contributed by atoms with Crippen LogP contribution in [0.5, 0.6) is 0 Å². The third-order valence-corrected chi connectivity index (χ3v) is 4.82. The molecule has 0 saturated carbocycles. The molecule has 1 aromatic rings. The zero-order valence-electron chi connectivity index (χ0n) is 12.8. The number of hydrogen-bond donors (Lipinski definition) is 0. The molecule has 1 amide bonds. The van der Waals surface area contributed by atoms with Gasteiger partial charge in [0.2, 0.25) is 5.91 Å². The number of rotatable bonds is 4. The number of carbonyl (C=O) groups is 1. The molecular formula is C17H23ClN2O. The fourth-order valence-corrected chi connectivity index (χ4v) is 3.64. The Bertz CT molecular complexity index is 514. The summed E-state index contributed by atoms with van der Waals surface area (Å²) in [6.45, 7) is 8.67. The second-order valence-electron chi connectivity index (χ2n) is 6.78. The van der Waals surface area contributed by atoms with Crippen molar-refractivity contribution in [3.8, 4) is 0 Å². The van der Waals surface area contributed by atoms with Crippen LogP contribution in [0, 0.1) is 11.8 Å². The Morgan fingerprint density at radius 3 is 2.62 bits per heavy atom. The average molecular weight is 307 g/mol. The Balaban J connectivity index is 1.54. The van der Waals surface area contributed by atoms with Gasteiger partial charge in [0.15, 0.2) is 0 Å². The summed E-state index contributed by atoms with van der Waals surface area (Å²) in [5.74, 6) is 1.64. The van der Waals surface area contributed by atoms with E-state index in [1.54, 1.807) is 0 Å². The second-order valence-corrected chi connectivity index (χ2v) is 7.21. The van der Waals surface area contributed by atoms with Gasteiger partial charge in [0, 0.05) is 43.2 Å². The molecule has 4 heteroatoms. The highest BCUT2D eigenvalue weighted by molar-refractivity contribution is 6.30. The number of nitrogens with zero attached hydrogens (tertiary/aromatic N) is 2. The summed E-state index contributed by atoms with van der Waals surface area (Å²) in [7, 11) is 0. The van der Waals surface area contributed by atoms with Crippen LogP contribution >= 0.6 is 11.6 Å². The molecule has 2 atom stereocenters. The van der Waals surface area contributed by atoms with Gasteiger partial charge in [-0.05, 0) is 23.6 Å². The van der Waals surface area contributed by atoms with Crippen molar-refractivity contribution in [1.82, 2.24) is 9.80 Å². The minimum atomic E-state index is 0.246. The van der Waals surface area contributed by atoms with Gasteiger partial charge in [-0.15, -0.1) is 0 Å². The second kappa shape index (κ2) is 5.98. The SMILES string of the molecule is CC(C)CN1C[C@H]2CN(C(=O)Cc3ccc(Cl)cc3)C[C@H]21. The van der Waals surface area contributed by atoms with Crippen molar-refractivity contribution in [2.75, 3.05) is 26.2 Å². The molecule has 3 rings (SSSR count). The minimum Gasteiger partial charge on any atom is -0.340 e. The summed E-state index contributed by atoms with van der Waals surface area (Å²) in [6, 6.07) is 8.18. The molecular weight excluding hydrogens is 284 g/mol. The molecule has 3 nitrogen and oxygen atoms in total. The van der Waals surface area contributed by atoms with Crippen molar-refractivity contribution in [1.29, 1.82) is 0 Å². The van der Waals surface area contributed by atoms with Gasteiger partial charge < -0.3 is 4.90 Å². The fraction of sp³-hybridized carbons (Fsp3) is 0.588. The molecule has 0 N–H and O–H groups in total. The molecule has 0 aliphatic carbocycles. The van der Waals surface area contributed by atoms with Gasteiger partial charge in [0.05, 0.1) is 6.42 Å². The molecule has 2 aliphatic heterocycles. The lowest BCUT2D eigenvalue weighted by Gasteiger charge is -2.44. The van der Waals surface area contributed by atoms with Gasteiger partial charge in [0.1, 0.15) is 0 Å². The molecule has 0 radical (unpaired) electrons. The third-order valence-electron chi connectivity index (χ3n) is 4.57. The predicted octanol–water partition coefficient (Wildman–Crippen LogP) is 2.68. The lowest BCUT2D eigenvalue weighted by atomic mass is 9.91. The van der Waals surface area contributed by atoms with Crippen molar-refractivity contribution >= 4 is 17.5 Å². The van der Waals surface area contributed by atoms with Gasteiger partial charge in [0.25, 0.3) is 0 Å². The highest BCUT2D eigenvalue weighted by atomic mass is 35.5. The van der Waals surface area contributed by atoms with Crippen LogP contribution in [-0.2, 0) is 11.2 Å². The van der Waals surface area contributed by atoms with Crippen molar-refractivity contribution in [3.63, 3.8) is 0 Å². The molecule has 2 fully saturated rings. The van der Waals surface area contributed by atoms with E-state index in [1.165, 1.54) is 0 Å². The number of halogens is 1. The fourth-order valence-electron chi connectivity index (χ4n) is 3.52. The summed E-state index contributed by atoms with van der Waals surface area (Å²) in [5, 5.41) is 0.717. The van der Waals surface area contributed by atoms with E-state index in [9.17, 15) is 4.79 Å². The first-order chi connectivity index (χ1) is 10.0. The lowest BCUT2D eigenvalue weighted by Crippen LogP contribution is -2.56. The molecule has 21 heavy (non-hydrogen) atoms. The summed E-state index contributed by atoms with van der Waals surface area (Å²) in [4.78, 5) is 17.0. The topological polar surface area (TPSA) is 23.6 Å². The van der Waals surface area contributed by atoms with Crippen molar-refractivity contribution in [3.05, 3.63) is 34.9 Å². The molecule has 0 aromatic heterocycles. The van der Waals surface area contributed by atoms with Gasteiger partial charge >= 0.3 is 0 Å². The number of hydrogen-bond acceptors (Lipinski definition) is 2. The Hall–Kier alpha value is -1.06. The van der Waals surface area contributed by atoms with E-state index < -0.39 is 0 Å². The van der Waals surface area contributed by atoms with Crippen LogP contribution in [0.4, 0.5) is 0 Å². The van der Waals surface area contributed by atoms with Crippen LogP contribution in [0.15, 0.2) is 24.3 Å². The first-order valence-corrected chi connectivity index (χ1v) is 8.17. The smallest absolute Gasteiger partial charge is 0.227 e. The number of likely N-dealkylation sites (tertiary alicyclic amines) is 2. The number of amides is 1. The Kier molecular flexibility index (Phi) is 4.23. The monoisotopic (exact) mass is 306 g/mol. The van der Waals surface area contributed by atoms with Crippen LogP contribution in [0.25, 0.3) is 0 Å². The van der Waals surface area contributed by atoms with Gasteiger partial charge in [-0.1, -0.05) is 37.6 Å². The van der Waals surface area contributed by atoms with Gasteiger partial charge in [-0.3, -0.25) is 9.69 Å². The maximum atomic E-state index is 12.4. The Morgan fingerprint density at radius 2 is 1.95 bits per heavy atom. The number of benzene rings is 1. The van der Waals surface area contributed by atoms with Crippen LogP contribution in [0.1, 0.15) is 19.4 Å². The first-order valence-electron chi connectivity index (χ1n) is 7.79. The molecule has 2 saturated heterocycles. The first kappa shape index (κ1) is 14.9. The zero-order valence-corrected chi connectivity index (χ0v) is 13.5. The molecule has 114 valence electrons. The van der Waals surface area contributed by atoms with Crippen molar-refractivity contribution in [2.24, 2.45) is 11.8 Å². The minimum absolute atomic E-state index is 0.246. The summed E-state index contributed by atoms with van der Waals surface area (Å²) >= 11 is 5.88. The van der Waals surface area contributed by atoms with E-state index in [4.69, 9.17) is 11.6 Å². The Labute approximate surface area is 131 Å². The van der Waals surface area contributed by atoms with Crippen molar-refractivity contribution in [2.45, 2.75) is 26.3 Å². The maximum absolute atomic E-state index is 12.4. The normalized spacial score (nSPS) is 25.0. The number of fused-ring (bicyclic) bond motifs is 1. The largest absolute Gasteiger partial charge is 0.340 e. The highest BCUT2D eigenvalue weighted by Crippen LogP contribution is 2.33. The van der Waals surface area contributed by atoms with Crippen LogP contribution in [0.2, 0.25) is 5.02 Å². The van der Waals surface area contributed by atoms with Gasteiger partial charge in [-0.25, -0.2) is 0 Å². The predicted molar refractivity (Wildman–Crippen MR) is 85.4 cm³/mol. The Morgan fingerprint density at radius 1 is 1.24 bits per heavy atom. The quantitative estimate of drug-likeness (QED) is 0.854. The van der Waals surface area contributed by atoms with E-state index in [1.807, 2.05) is 29.2 Å². The molecule has 2 heterocycles. The molecule has 2 aliphatic rings. The zero-order chi connectivity index (χ0) is 15.0. The van der Waals surface area contributed by atoms with Crippen LogP contribution < -0.4 is 0 Å². The van der Waals surface area contributed by atoms with Crippen LogP contribution in [0.3, 0.4) is 0 Å². The third kappa shape index (κ3) is 3.24. The standard InChI is InChI=1S/C17H23ClN2O/c1-12(2)8-19-9-14-10-20(11-16(14)19)17(21)7-13-3-5-15(18)6-4-13/h3-6,12,14,16H,7-11H2,1-2H3/t14-,16+/m0/s1. The van der Waals surface area contributed by atoms with E-state index in [2.05, 4.69) is 18.7 Å². The highest BCUT2D eigenvalue weighted by Gasteiger charge is 2.46. The lowest BCUT2D eigenvalue weighted by molar-refractivity contribution is -0.129. The molecule has 0 unspecified atom stereocenters. The summed E-state index contributed by atoms with van der Waals surface area (Å²) in [5.41, 5.74) is 1.04. The molecule has 1 aromatic carbocycles. The summed E-state index contributed by atoms with van der Waals surface area (Å²) < 4.78 is 0. The average Bonchev–Trinajstić information content (AvgIpc) is 2.76. The van der Waals surface area contributed by atoms with Gasteiger partial charge in [-0.2, -0.15) is 0 Å². The van der Waals surface area contributed by atoms with E-state index in [0.29, 0.717) is 24.3 Å². The van der Waals surface area contributed by atoms with Crippen molar-refractivity contribution < 1.29 is 4.79 Å². The number of carbonyl (C=O) groups excluding carboxylic acids is 1. The van der Waals surface area contributed by atoms with E-state index >= 15 is 0 Å². The van der Waals surface area contributed by atoms with E-state index in [-0.39, 0.29) is 5.91 Å². The van der Waals surface area contributed by atoms with E-state index in [0.717, 1.165) is 36.8 Å².